The van der Waals surface area contributed by atoms with Crippen molar-refractivity contribution in [3.8, 4) is 0 Å². The fourth-order valence-corrected chi connectivity index (χ4v) is 1.88. The van der Waals surface area contributed by atoms with Gasteiger partial charge in [0.1, 0.15) is 0 Å². The number of hydrogen-bond acceptors (Lipinski definition) is 4. The molecule has 0 aromatic carbocycles. The zero-order chi connectivity index (χ0) is 13.2. The Hall–Kier alpha value is -0.910. The van der Waals surface area contributed by atoms with Crippen LogP contribution >= 0.6 is 0 Å². The molecule has 0 atom stereocenters. The van der Waals surface area contributed by atoms with Gasteiger partial charge in [-0.2, -0.15) is 5.10 Å². The van der Waals surface area contributed by atoms with E-state index in [4.69, 9.17) is 4.74 Å². The van der Waals surface area contributed by atoms with Gasteiger partial charge in [-0.1, -0.05) is 0 Å². The Morgan fingerprint density at radius 3 is 2.89 bits per heavy atom. The van der Waals surface area contributed by atoms with E-state index in [9.17, 15) is 0 Å². The minimum absolute atomic E-state index is 0.793. The summed E-state index contributed by atoms with van der Waals surface area (Å²) in [5, 5.41) is 7.53. The molecule has 0 fully saturated rings. The number of unbranched alkanes of at least 4 members (excludes halogenated alkanes) is 1. The number of ether oxygens (including phenoxy) is 1. The van der Waals surface area contributed by atoms with Crippen molar-refractivity contribution in [2.45, 2.75) is 19.4 Å². The molecule has 0 unspecified atom stereocenters. The Balaban J connectivity index is 1.98. The molecule has 0 saturated carbocycles. The standard InChI is InChI=1S/C13H26N4O/c1-16(11-13-10-15-17(2)12-13)8-5-4-6-14-7-9-18-3/h10,12,14H,4-9,11H2,1-3H3. The third-order valence-electron chi connectivity index (χ3n) is 2.84. The van der Waals surface area contributed by atoms with Crippen molar-refractivity contribution in [2.75, 3.05) is 40.4 Å². The Labute approximate surface area is 110 Å². The van der Waals surface area contributed by atoms with Crippen LogP contribution in [0, 0.1) is 0 Å². The number of aromatic nitrogens is 2. The summed E-state index contributed by atoms with van der Waals surface area (Å²) < 4.78 is 6.83. The monoisotopic (exact) mass is 254 g/mol. The molecular weight excluding hydrogens is 228 g/mol. The van der Waals surface area contributed by atoms with E-state index >= 15 is 0 Å². The zero-order valence-electron chi connectivity index (χ0n) is 11.9. The van der Waals surface area contributed by atoms with Gasteiger partial charge in [0, 0.05) is 39.0 Å². The van der Waals surface area contributed by atoms with Crippen LogP contribution in [0.1, 0.15) is 18.4 Å². The molecule has 1 N–H and O–H groups in total. The highest BCUT2D eigenvalue weighted by Crippen LogP contribution is 2.02. The van der Waals surface area contributed by atoms with Crippen LogP contribution in [0.25, 0.3) is 0 Å². The van der Waals surface area contributed by atoms with Crippen molar-refractivity contribution in [1.82, 2.24) is 20.0 Å². The number of methoxy groups -OCH3 is 1. The molecule has 1 aromatic heterocycles. The molecule has 0 saturated heterocycles. The molecule has 5 heteroatoms. The topological polar surface area (TPSA) is 42.3 Å². The lowest BCUT2D eigenvalue weighted by atomic mass is 10.2. The number of nitrogens with one attached hydrogen (secondary N) is 1. The zero-order valence-corrected chi connectivity index (χ0v) is 11.9. The fraction of sp³-hybridized carbons (Fsp3) is 0.769. The van der Waals surface area contributed by atoms with Crippen molar-refractivity contribution >= 4 is 0 Å². The van der Waals surface area contributed by atoms with Crippen LogP contribution in [0.5, 0.6) is 0 Å². The highest BCUT2D eigenvalue weighted by Gasteiger charge is 2.01. The fourth-order valence-electron chi connectivity index (χ4n) is 1.88. The molecule has 1 heterocycles. The molecule has 0 spiro atoms. The van der Waals surface area contributed by atoms with Crippen LogP contribution in [0.2, 0.25) is 0 Å². The van der Waals surface area contributed by atoms with E-state index in [1.54, 1.807) is 7.11 Å². The SMILES string of the molecule is COCCNCCCCN(C)Cc1cnn(C)c1. The minimum Gasteiger partial charge on any atom is -0.383 e. The summed E-state index contributed by atoms with van der Waals surface area (Å²) in [6.45, 7) is 4.92. The van der Waals surface area contributed by atoms with Crippen LogP contribution in [-0.4, -0.2) is 55.1 Å². The number of hydrogen-bond donors (Lipinski definition) is 1. The average Bonchev–Trinajstić information content (AvgIpc) is 2.73. The summed E-state index contributed by atoms with van der Waals surface area (Å²) >= 11 is 0. The van der Waals surface area contributed by atoms with E-state index in [0.29, 0.717) is 0 Å². The average molecular weight is 254 g/mol. The Morgan fingerprint density at radius 2 is 2.22 bits per heavy atom. The first-order chi connectivity index (χ1) is 8.72. The molecular formula is C13H26N4O. The maximum absolute atomic E-state index is 4.98. The van der Waals surface area contributed by atoms with E-state index < -0.39 is 0 Å². The van der Waals surface area contributed by atoms with E-state index in [2.05, 4.69) is 28.6 Å². The van der Waals surface area contributed by atoms with Gasteiger partial charge >= 0.3 is 0 Å². The lowest BCUT2D eigenvalue weighted by Gasteiger charge is -2.15. The van der Waals surface area contributed by atoms with Crippen LogP contribution in [0.3, 0.4) is 0 Å². The molecule has 5 nitrogen and oxygen atoms in total. The number of rotatable bonds is 10. The molecule has 0 aliphatic heterocycles. The molecule has 18 heavy (non-hydrogen) atoms. The quantitative estimate of drug-likeness (QED) is 0.629. The maximum Gasteiger partial charge on any atom is 0.0587 e. The molecule has 1 rings (SSSR count). The van der Waals surface area contributed by atoms with Crippen LogP contribution in [0.15, 0.2) is 12.4 Å². The highest BCUT2D eigenvalue weighted by molar-refractivity contribution is 5.02. The Bertz CT molecular complexity index is 314. The van der Waals surface area contributed by atoms with Gasteiger partial charge in [-0.05, 0) is 33.0 Å². The summed E-state index contributed by atoms with van der Waals surface area (Å²) in [5.41, 5.74) is 1.28. The van der Waals surface area contributed by atoms with Crippen molar-refractivity contribution in [2.24, 2.45) is 7.05 Å². The maximum atomic E-state index is 4.98. The van der Waals surface area contributed by atoms with Crippen molar-refractivity contribution in [1.29, 1.82) is 0 Å². The molecule has 0 aliphatic carbocycles. The predicted octanol–water partition coefficient (Wildman–Crippen LogP) is 0.868. The third kappa shape index (κ3) is 6.74. The minimum atomic E-state index is 0.793. The highest BCUT2D eigenvalue weighted by atomic mass is 16.5. The first-order valence-electron chi connectivity index (χ1n) is 6.58. The van der Waals surface area contributed by atoms with Crippen molar-refractivity contribution in [3.63, 3.8) is 0 Å². The van der Waals surface area contributed by atoms with Gasteiger partial charge in [0.25, 0.3) is 0 Å². The van der Waals surface area contributed by atoms with Gasteiger partial charge in [-0.15, -0.1) is 0 Å². The summed E-state index contributed by atoms with van der Waals surface area (Å²) in [6, 6.07) is 0. The summed E-state index contributed by atoms with van der Waals surface area (Å²) in [7, 11) is 5.84. The van der Waals surface area contributed by atoms with E-state index in [0.717, 1.165) is 32.8 Å². The van der Waals surface area contributed by atoms with Gasteiger partial charge < -0.3 is 15.0 Å². The Morgan fingerprint density at radius 1 is 1.39 bits per heavy atom. The Kier molecular flexibility index (Phi) is 7.64. The van der Waals surface area contributed by atoms with E-state index in [-0.39, 0.29) is 0 Å². The smallest absolute Gasteiger partial charge is 0.0587 e. The number of aryl methyl sites for hydroxylation is 1. The van der Waals surface area contributed by atoms with E-state index in [1.807, 2.05) is 17.9 Å². The van der Waals surface area contributed by atoms with Gasteiger partial charge in [0.2, 0.25) is 0 Å². The molecule has 0 bridgehead atoms. The van der Waals surface area contributed by atoms with Crippen molar-refractivity contribution < 1.29 is 4.74 Å². The molecule has 1 aromatic rings. The van der Waals surface area contributed by atoms with E-state index in [1.165, 1.54) is 18.4 Å². The third-order valence-corrected chi connectivity index (χ3v) is 2.84. The second kappa shape index (κ2) is 9.08. The normalized spacial score (nSPS) is 11.3. The predicted molar refractivity (Wildman–Crippen MR) is 73.5 cm³/mol. The molecule has 104 valence electrons. The number of nitrogens with zero attached hydrogens (tertiary/aromatic N) is 3. The molecule has 0 amide bonds. The summed E-state index contributed by atoms with van der Waals surface area (Å²) in [5.74, 6) is 0. The first-order valence-corrected chi connectivity index (χ1v) is 6.58. The second-order valence-corrected chi connectivity index (χ2v) is 4.71. The summed E-state index contributed by atoms with van der Waals surface area (Å²) in [6.07, 6.45) is 6.43. The van der Waals surface area contributed by atoms with Gasteiger partial charge in [0.15, 0.2) is 0 Å². The lowest BCUT2D eigenvalue weighted by Crippen LogP contribution is -2.23. The van der Waals surface area contributed by atoms with Crippen LogP contribution < -0.4 is 5.32 Å². The van der Waals surface area contributed by atoms with Gasteiger partial charge in [0.05, 0.1) is 12.8 Å². The van der Waals surface area contributed by atoms with Crippen LogP contribution in [-0.2, 0) is 18.3 Å². The van der Waals surface area contributed by atoms with Gasteiger partial charge in [-0.3, -0.25) is 4.68 Å². The first kappa shape index (κ1) is 15.1. The lowest BCUT2D eigenvalue weighted by molar-refractivity contribution is 0.199. The second-order valence-electron chi connectivity index (χ2n) is 4.71. The van der Waals surface area contributed by atoms with Crippen LogP contribution in [0.4, 0.5) is 0 Å². The molecule has 0 aliphatic rings. The van der Waals surface area contributed by atoms with Gasteiger partial charge in [-0.25, -0.2) is 0 Å². The molecule has 0 radical (unpaired) electrons. The van der Waals surface area contributed by atoms with Crippen molar-refractivity contribution in [3.05, 3.63) is 18.0 Å². The summed E-state index contributed by atoms with van der Waals surface area (Å²) in [4.78, 5) is 2.34. The largest absolute Gasteiger partial charge is 0.383 e.